The highest BCUT2D eigenvalue weighted by atomic mass is 19.1. The molecule has 0 spiro atoms. The summed E-state index contributed by atoms with van der Waals surface area (Å²) in [5.41, 5.74) is 2.07. The topological polar surface area (TPSA) is 69.0 Å². The molecule has 6 nitrogen and oxygen atoms in total. The van der Waals surface area contributed by atoms with E-state index in [1.54, 1.807) is 29.1 Å². The maximum atomic E-state index is 14.4. The van der Waals surface area contributed by atoms with Gasteiger partial charge >= 0.3 is 0 Å². The monoisotopic (exact) mass is 382 g/mol. The van der Waals surface area contributed by atoms with Gasteiger partial charge in [-0.2, -0.15) is 5.10 Å². The normalized spacial score (nSPS) is 10.7. The molecule has 28 heavy (non-hydrogen) atoms. The molecule has 0 saturated carbocycles. The minimum atomic E-state index is -0.442. The number of halogens is 1. The molecule has 146 valence electrons. The molecule has 0 aliphatic carbocycles. The van der Waals surface area contributed by atoms with Gasteiger partial charge in [-0.1, -0.05) is 13.0 Å². The molecule has 0 unspecified atom stereocenters. The summed E-state index contributed by atoms with van der Waals surface area (Å²) in [5.74, 6) is -0.249. The van der Waals surface area contributed by atoms with Crippen LogP contribution in [0.4, 0.5) is 4.39 Å². The number of hydrogen-bond donors (Lipinski definition) is 1. The van der Waals surface area contributed by atoms with Crippen molar-refractivity contribution >= 4 is 5.91 Å². The van der Waals surface area contributed by atoms with Crippen molar-refractivity contribution in [2.45, 2.75) is 26.3 Å². The standard InChI is InChI=1S/C21H23FN4O2/c1-3-12-26-20(21(27)24-11-9-15-6-4-5-10-23-15)14-19(25-26)17-8-7-16(28-2)13-18(17)22/h4-8,10,13-14H,3,9,11-12H2,1-2H3,(H,24,27). The van der Waals surface area contributed by atoms with E-state index in [0.717, 1.165) is 12.1 Å². The Balaban J connectivity index is 1.77. The van der Waals surface area contributed by atoms with Gasteiger partial charge in [-0.05, 0) is 36.8 Å². The number of nitrogens with zero attached hydrogens (tertiary/aromatic N) is 3. The minimum Gasteiger partial charge on any atom is -0.497 e. The molecule has 0 aliphatic heterocycles. The molecule has 7 heteroatoms. The summed E-state index contributed by atoms with van der Waals surface area (Å²) in [6.45, 7) is 3.03. The lowest BCUT2D eigenvalue weighted by atomic mass is 10.1. The van der Waals surface area contributed by atoms with Crippen LogP contribution in [0.1, 0.15) is 29.5 Å². The quantitative estimate of drug-likeness (QED) is 0.648. The van der Waals surface area contributed by atoms with Crippen LogP contribution in [-0.2, 0) is 13.0 Å². The zero-order chi connectivity index (χ0) is 19.9. The molecule has 0 atom stereocenters. The van der Waals surface area contributed by atoms with Crippen molar-refractivity contribution in [2.75, 3.05) is 13.7 Å². The third-order valence-corrected chi connectivity index (χ3v) is 4.29. The number of pyridine rings is 1. The van der Waals surface area contributed by atoms with Gasteiger partial charge in [0.15, 0.2) is 0 Å². The van der Waals surface area contributed by atoms with Crippen LogP contribution in [0, 0.1) is 5.82 Å². The van der Waals surface area contributed by atoms with Crippen molar-refractivity contribution < 1.29 is 13.9 Å². The molecule has 0 radical (unpaired) electrons. The fraction of sp³-hybridized carbons (Fsp3) is 0.286. The predicted molar refractivity (Wildman–Crippen MR) is 105 cm³/mol. The van der Waals surface area contributed by atoms with E-state index in [1.807, 2.05) is 25.1 Å². The number of carbonyl (C=O) groups is 1. The smallest absolute Gasteiger partial charge is 0.269 e. The van der Waals surface area contributed by atoms with Gasteiger partial charge in [-0.3, -0.25) is 14.5 Å². The zero-order valence-electron chi connectivity index (χ0n) is 16.0. The van der Waals surface area contributed by atoms with Gasteiger partial charge in [0.25, 0.3) is 5.91 Å². The molecule has 2 aromatic heterocycles. The number of amides is 1. The Morgan fingerprint density at radius 1 is 1.25 bits per heavy atom. The summed E-state index contributed by atoms with van der Waals surface area (Å²) in [6, 6.07) is 11.9. The van der Waals surface area contributed by atoms with Gasteiger partial charge in [-0.25, -0.2) is 4.39 Å². The first-order valence-electron chi connectivity index (χ1n) is 9.22. The third-order valence-electron chi connectivity index (χ3n) is 4.29. The number of rotatable bonds is 8. The Bertz CT molecular complexity index is 941. The van der Waals surface area contributed by atoms with E-state index in [4.69, 9.17) is 4.74 Å². The summed E-state index contributed by atoms with van der Waals surface area (Å²) < 4.78 is 21.1. The lowest BCUT2D eigenvalue weighted by Gasteiger charge is -2.07. The van der Waals surface area contributed by atoms with Crippen molar-refractivity contribution in [3.8, 4) is 17.0 Å². The first-order chi connectivity index (χ1) is 13.6. The molecule has 0 aliphatic rings. The van der Waals surface area contributed by atoms with Crippen molar-refractivity contribution in [1.82, 2.24) is 20.1 Å². The van der Waals surface area contributed by atoms with E-state index in [9.17, 15) is 9.18 Å². The van der Waals surface area contributed by atoms with Crippen LogP contribution in [0.15, 0.2) is 48.7 Å². The van der Waals surface area contributed by atoms with Crippen LogP contribution in [0.5, 0.6) is 5.75 Å². The number of carbonyl (C=O) groups excluding carboxylic acids is 1. The molecular weight excluding hydrogens is 359 g/mol. The van der Waals surface area contributed by atoms with Gasteiger partial charge in [-0.15, -0.1) is 0 Å². The fourth-order valence-corrected chi connectivity index (χ4v) is 2.88. The van der Waals surface area contributed by atoms with Gasteiger partial charge < -0.3 is 10.1 Å². The Morgan fingerprint density at radius 3 is 2.79 bits per heavy atom. The van der Waals surface area contributed by atoms with Crippen molar-refractivity contribution in [3.05, 3.63) is 65.9 Å². The highest BCUT2D eigenvalue weighted by molar-refractivity contribution is 5.93. The van der Waals surface area contributed by atoms with E-state index >= 15 is 0 Å². The maximum Gasteiger partial charge on any atom is 0.269 e. The van der Waals surface area contributed by atoms with Crippen molar-refractivity contribution in [3.63, 3.8) is 0 Å². The molecule has 0 fully saturated rings. The number of aryl methyl sites for hydroxylation is 1. The number of nitrogens with one attached hydrogen (secondary N) is 1. The molecule has 0 saturated heterocycles. The minimum absolute atomic E-state index is 0.239. The number of methoxy groups -OCH3 is 1. The molecule has 3 aromatic rings. The molecule has 3 rings (SSSR count). The number of aromatic nitrogens is 3. The Kier molecular flexibility index (Phi) is 6.37. The first-order valence-corrected chi connectivity index (χ1v) is 9.22. The predicted octanol–water partition coefficient (Wildman–Crippen LogP) is 3.48. The van der Waals surface area contributed by atoms with E-state index in [-0.39, 0.29) is 5.91 Å². The second kappa shape index (κ2) is 9.12. The average molecular weight is 382 g/mol. The number of benzene rings is 1. The summed E-state index contributed by atoms with van der Waals surface area (Å²) in [6.07, 6.45) is 3.16. The average Bonchev–Trinajstić information content (AvgIpc) is 3.12. The van der Waals surface area contributed by atoms with E-state index < -0.39 is 5.82 Å². The van der Waals surface area contributed by atoms with Crippen LogP contribution >= 0.6 is 0 Å². The van der Waals surface area contributed by atoms with Crippen molar-refractivity contribution in [2.24, 2.45) is 0 Å². The fourth-order valence-electron chi connectivity index (χ4n) is 2.88. The molecule has 0 bridgehead atoms. The Morgan fingerprint density at radius 2 is 2.11 bits per heavy atom. The molecule has 1 amide bonds. The SMILES string of the molecule is CCCn1nc(-c2ccc(OC)cc2F)cc1C(=O)NCCc1ccccn1. The molecule has 1 aromatic carbocycles. The second-order valence-electron chi connectivity index (χ2n) is 6.31. The second-order valence-corrected chi connectivity index (χ2v) is 6.31. The van der Waals surface area contributed by atoms with E-state index in [1.165, 1.54) is 13.2 Å². The van der Waals surface area contributed by atoms with Gasteiger partial charge in [0.1, 0.15) is 17.3 Å². The Hall–Kier alpha value is -3.22. The van der Waals surface area contributed by atoms with Gasteiger partial charge in [0.05, 0.1) is 12.8 Å². The van der Waals surface area contributed by atoms with Crippen LogP contribution in [-0.4, -0.2) is 34.3 Å². The van der Waals surface area contributed by atoms with Crippen LogP contribution in [0.3, 0.4) is 0 Å². The lowest BCUT2D eigenvalue weighted by Crippen LogP contribution is -2.28. The number of ether oxygens (including phenoxy) is 1. The summed E-state index contributed by atoms with van der Waals surface area (Å²) in [7, 11) is 1.48. The number of hydrogen-bond acceptors (Lipinski definition) is 4. The van der Waals surface area contributed by atoms with E-state index in [2.05, 4.69) is 15.4 Å². The highest BCUT2D eigenvalue weighted by Gasteiger charge is 2.18. The molecule has 2 heterocycles. The largest absolute Gasteiger partial charge is 0.497 e. The third kappa shape index (κ3) is 4.54. The van der Waals surface area contributed by atoms with E-state index in [0.29, 0.717) is 42.2 Å². The molecular formula is C21H23FN4O2. The maximum absolute atomic E-state index is 14.4. The lowest BCUT2D eigenvalue weighted by molar-refractivity contribution is 0.0943. The van der Waals surface area contributed by atoms with Gasteiger partial charge in [0, 0.05) is 43.0 Å². The summed E-state index contributed by atoms with van der Waals surface area (Å²) in [4.78, 5) is 16.9. The summed E-state index contributed by atoms with van der Waals surface area (Å²) in [5, 5.41) is 7.33. The van der Waals surface area contributed by atoms with Gasteiger partial charge in [0.2, 0.25) is 0 Å². The molecule has 1 N–H and O–H groups in total. The summed E-state index contributed by atoms with van der Waals surface area (Å²) >= 11 is 0. The van der Waals surface area contributed by atoms with Crippen LogP contribution in [0.2, 0.25) is 0 Å². The Labute approximate surface area is 163 Å². The van der Waals surface area contributed by atoms with Crippen LogP contribution < -0.4 is 10.1 Å². The van der Waals surface area contributed by atoms with Crippen LogP contribution in [0.25, 0.3) is 11.3 Å². The first kappa shape index (κ1) is 19.5. The zero-order valence-corrected chi connectivity index (χ0v) is 16.0. The highest BCUT2D eigenvalue weighted by Crippen LogP contribution is 2.26. The van der Waals surface area contributed by atoms with Crippen molar-refractivity contribution in [1.29, 1.82) is 0 Å².